The second-order valence-corrected chi connectivity index (χ2v) is 4.99. The molecule has 0 bridgehead atoms. The molecule has 0 saturated heterocycles. The lowest BCUT2D eigenvalue weighted by atomic mass is 10.1. The largest absolute Gasteiger partial charge is 0.456 e. The van der Waals surface area contributed by atoms with E-state index >= 15 is 0 Å². The molecule has 19 heavy (non-hydrogen) atoms. The Morgan fingerprint density at radius 1 is 1.26 bits per heavy atom. The molecular formula is C15H17NO3. The van der Waals surface area contributed by atoms with E-state index < -0.39 is 17.5 Å². The Labute approximate surface area is 112 Å². The summed E-state index contributed by atoms with van der Waals surface area (Å²) in [6, 6.07) is 6.84. The highest BCUT2D eigenvalue weighted by Crippen LogP contribution is 2.14. The second kappa shape index (κ2) is 6.05. The zero-order chi connectivity index (χ0) is 14.5. The summed E-state index contributed by atoms with van der Waals surface area (Å²) in [5, 5.41) is 0. The minimum Gasteiger partial charge on any atom is -0.456 e. The third-order valence-electron chi connectivity index (χ3n) is 2.03. The number of esters is 1. The first kappa shape index (κ1) is 14.8. The Morgan fingerprint density at radius 2 is 1.89 bits per heavy atom. The maximum absolute atomic E-state index is 12.0. The normalized spacial score (nSPS) is 10.3. The van der Waals surface area contributed by atoms with Crippen LogP contribution in [0, 0.1) is 11.8 Å². The molecule has 4 nitrogen and oxygen atoms in total. The minimum absolute atomic E-state index is 0.0390. The number of nitrogens with two attached hydrogens (primary N) is 1. The van der Waals surface area contributed by atoms with Gasteiger partial charge in [0.15, 0.2) is 0 Å². The van der Waals surface area contributed by atoms with Gasteiger partial charge in [0.2, 0.25) is 5.91 Å². The molecule has 0 atom stereocenters. The van der Waals surface area contributed by atoms with Crippen molar-refractivity contribution in [2.24, 2.45) is 5.73 Å². The average molecular weight is 259 g/mol. The van der Waals surface area contributed by atoms with Crippen LogP contribution in [0.5, 0.6) is 0 Å². The molecule has 1 amide bonds. The van der Waals surface area contributed by atoms with Gasteiger partial charge in [-0.3, -0.25) is 4.79 Å². The van der Waals surface area contributed by atoms with Crippen LogP contribution in [0.4, 0.5) is 0 Å². The minimum atomic E-state index is -0.565. The number of amides is 1. The molecule has 0 spiro atoms. The van der Waals surface area contributed by atoms with Crippen LogP contribution in [0.3, 0.4) is 0 Å². The van der Waals surface area contributed by atoms with Crippen LogP contribution in [0.15, 0.2) is 24.3 Å². The van der Waals surface area contributed by atoms with Crippen molar-refractivity contribution in [1.29, 1.82) is 0 Å². The van der Waals surface area contributed by atoms with Crippen LogP contribution in [0.1, 0.15) is 43.1 Å². The smallest absolute Gasteiger partial charge is 0.339 e. The van der Waals surface area contributed by atoms with E-state index in [0.717, 1.165) is 0 Å². The average Bonchev–Trinajstić information content (AvgIpc) is 2.26. The molecule has 1 aromatic rings. The number of benzene rings is 1. The number of ether oxygens (including phenoxy) is 1. The maximum atomic E-state index is 12.0. The van der Waals surface area contributed by atoms with Gasteiger partial charge in [0, 0.05) is 5.56 Å². The molecule has 0 heterocycles. The lowest BCUT2D eigenvalue weighted by Gasteiger charge is -2.19. The summed E-state index contributed by atoms with van der Waals surface area (Å²) >= 11 is 0. The second-order valence-electron chi connectivity index (χ2n) is 4.99. The summed E-state index contributed by atoms with van der Waals surface area (Å²) in [6.45, 7) is 5.39. The first-order valence-electron chi connectivity index (χ1n) is 5.89. The fraction of sp³-hybridized carbons (Fsp3) is 0.333. The Kier molecular flexibility index (Phi) is 4.71. The standard InChI is InChI=1S/C15H17NO3/c1-15(2,3)19-14(18)12-9-5-4-7-11(12)8-6-10-13(16)17/h4-5,7,9H,10H2,1-3H3,(H2,16,17). The third-order valence-corrected chi connectivity index (χ3v) is 2.03. The number of carbonyl (C=O) groups excluding carboxylic acids is 2. The highest BCUT2D eigenvalue weighted by Gasteiger charge is 2.19. The van der Waals surface area contributed by atoms with Gasteiger partial charge < -0.3 is 10.5 Å². The Morgan fingerprint density at radius 3 is 2.47 bits per heavy atom. The summed E-state index contributed by atoms with van der Waals surface area (Å²) in [4.78, 5) is 22.6. The van der Waals surface area contributed by atoms with Crippen molar-refractivity contribution in [2.45, 2.75) is 32.8 Å². The molecule has 1 aromatic carbocycles. The lowest BCUT2D eigenvalue weighted by Crippen LogP contribution is -2.24. The SMILES string of the molecule is CC(C)(C)OC(=O)c1ccccc1C#CCC(N)=O. The first-order valence-corrected chi connectivity index (χ1v) is 5.89. The molecule has 0 radical (unpaired) electrons. The van der Waals surface area contributed by atoms with Crippen molar-refractivity contribution >= 4 is 11.9 Å². The number of hydrogen-bond donors (Lipinski definition) is 1. The van der Waals surface area contributed by atoms with E-state index in [-0.39, 0.29) is 6.42 Å². The molecule has 0 fully saturated rings. The summed E-state index contributed by atoms with van der Waals surface area (Å²) in [5.41, 5.74) is 5.35. The quantitative estimate of drug-likeness (QED) is 0.651. The molecule has 0 aliphatic rings. The van der Waals surface area contributed by atoms with Gasteiger partial charge in [-0.25, -0.2) is 4.79 Å². The molecule has 0 unspecified atom stereocenters. The van der Waals surface area contributed by atoms with Crippen LogP contribution < -0.4 is 5.73 Å². The summed E-state index contributed by atoms with van der Waals surface area (Å²) in [6.07, 6.45) is -0.0390. The fourth-order valence-electron chi connectivity index (χ4n) is 1.33. The predicted octanol–water partition coefficient (Wildman–Crippen LogP) is 1.87. The van der Waals surface area contributed by atoms with Crippen molar-refractivity contribution in [3.63, 3.8) is 0 Å². The van der Waals surface area contributed by atoms with Gasteiger partial charge in [-0.15, -0.1) is 0 Å². The van der Waals surface area contributed by atoms with Crippen LogP contribution in [0.2, 0.25) is 0 Å². The molecule has 0 saturated carbocycles. The highest BCUT2D eigenvalue weighted by molar-refractivity contribution is 5.92. The van der Waals surface area contributed by atoms with E-state index in [1.807, 2.05) is 0 Å². The molecule has 0 aromatic heterocycles. The van der Waals surface area contributed by atoms with Crippen LogP contribution in [-0.4, -0.2) is 17.5 Å². The van der Waals surface area contributed by atoms with Gasteiger partial charge in [0.1, 0.15) is 5.60 Å². The van der Waals surface area contributed by atoms with Gasteiger partial charge in [-0.2, -0.15) is 0 Å². The van der Waals surface area contributed by atoms with E-state index in [1.165, 1.54) is 0 Å². The van der Waals surface area contributed by atoms with Gasteiger partial charge in [0.05, 0.1) is 12.0 Å². The highest BCUT2D eigenvalue weighted by atomic mass is 16.6. The van der Waals surface area contributed by atoms with Gasteiger partial charge in [0.25, 0.3) is 0 Å². The zero-order valence-electron chi connectivity index (χ0n) is 11.3. The number of rotatable bonds is 2. The van der Waals surface area contributed by atoms with Crippen LogP contribution >= 0.6 is 0 Å². The summed E-state index contributed by atoms with van der Waals surface area (Å²) in [7, 11) is 0. The summed E-state index contributed by atoms with van der Waals surface area (Å²) in [5.74, 6) is 4.45. The van der Waals surface area contributed by atoms with Crippen molar-refractivity contribution in [3.05, 3.63) is 35.4 Å². The third kappa shape index (κ3) is 5.26. The van der Waals surface area contributed by atoms with E-state index in [0.29, 0.717) is 11.1 Å². The molecule has 0 aliphatic heterocycles. The number of primary amides is 1. The maximum Gasteiger partial charge on any atom is 0.339 e. The number of hydrogen-bond acceptors (Lipinski definition) is 3. The molecule has 100 valence electrons. The van der Waals surface area contributed by atoms with Crippen molar-refractivity contribution in [3.8, 4) is 11.8 Å². The van der Waals surface area contributed by atoms with Crippen LogP contribution in [0.25, 0.3) is 0 Å². The van der Waals surface area contributed by atoms with Gasteiger partial charge in [-0.1, -0.05) is 24.0 Å². The topological polar surface area (TPSA) is 69.4 Å². The molecular weight excluding hydrogens is 242 g/mol. The first-order chi connectivity index (χ1) is 8.79. The van der Waals surface area contributed by atoms with Crippen molar-refractivity contribution in [2.75, 3.05) is 0 Å². The van der Waals surface area contributed by atoms with Crippen molar-refractivity contribution in [1.82, 2.24) is 0 Å². The van der Waals surface area contributed by atoms with Gasteiger partial charge in [-0.05, 0) is 32.9 Å². The monoisotopic (exact) mass is 259 g/mol. The zero-order valence-corrected chi connectivity index (χ0v) is 11.3. The molecule has 0 aliphatic carbocycles. The van der Waals surface area contributed by atoms with Gasteiger partial charge >= 0.3 is 5.97 Å². The Bertz CT molecular complexity index is 544. The molecule has 1 rings (SSSR count). The fourth-order valence-corrected chi connectivity index (χ4v) is 1.33. The Hall–Kier alpha value is -2.28. The van der Waals surface area contributed by atoms with E-state index in [1.54, 1.807) is 45.0 Å². The molecule has 2 N–H and O–H groups in total. The van der Waals surface area contributed by atoms with E-state index in [4.69, 9.17) is 10.5 Å². The van der Waals surface area contributed by atoms with Crippen molar-refractivity contribution < 1.29 is 14.3 Å². The van der Waals surface area contributed by atoms with Crippen LogP contribution in [-0.2, 0) is 9.53 Å². The Balaban J connectivity index is 2.98. The number of carbonyl (C=O) groups is 2. The van der Waals surface area contributed by atoms with E-state index in [9.17, 15) is 9.59 Å². The summed E-state index contributed by atoms with van der Waals surface area (Å²) < 4.78 is 5.29. The lowest BCUT2D eigenvalue weighted by molar-refractivity contribution is -0.117. The predicted molar refractivity (Wildman–Crippen MR) is 72.3 cm³/mol. The molecule has 4 heteroatoms. The van der Waals surface area contributed by atoms with E-state index in [2.05, 4.69) is 11.8 Å².